The van der Waals surface area contributed by atoms with Crippen LogP contribution in [0.3, 0.4) is 0 Å². The molecule has 10 rings (SSSR count). The second-order valence-corrected chi connectivity index (χ2v) is 14.4. The maximum absolute atomic E-state index is 2.44. The van der Waals surface area contributed by atoms with E-state index in [1.54, 1.807) is 0 Å². The standard InChI is InChI=1S/C46H34/c1-45(2)38-15-9-8-13-32(38)36-25-26-37-42-33(14-10-16-39(42)46(3,4)44(37)43(36)45)31-22-18-29-19-23-34-30(27-11-6-5-7-12-27)21-17-28-20-24-35(31)41(29)40(28)34/h5-26H,1-4H3. The number of rotatable bonds is 2. The van der Waals surface area contributed by atoms with Crippen LogP contribution in [0.1, 0.15) is 49.9 Å². The molecule has 0 saturated carbocycles. The number of benzene rings is 8. The van der Waals surface area contributed by atoms with Gasteiger partial charge >= 0.3 is 0 Å². The minimum atomic E-state index is -0.111. The van der Waals surface area contributed by atoms with Crippen molar-refractivity contribution in [3.05, 3.63) is 156 Å². The Hall–Kier alpha value is -5.20. The van der Waals surface area contributed by atoms with Gasteiger partial charge in [-0.05, 0) is 99.1 Å². The third-order valence-electron chi connectivity index (χ3n) is 11.4. The molecule has 0 aromatic heterocycles. The monoisotopic (exact) mass is 586 g/mol. The summed E-state index contributed by atoms with van der Waals surface area (Å²) in [5, 5.41) is 7.98. The Labute approximate surface area is 270 Å². The lowest BCUT2D eigenvalue weighted by Gasteiger charge is -2.30. The summed E-state index contributed by atoms with van der Waals surface area (Å²) in [6.45, 7) is 9.72. The number of hydrogen-bond donors (Lipinski definition) is 0. The molecule has 8 aromatic rings. The summed E-state index contributed by atoms with van der Waals surface area (Å²) in [4.78, 5) is 0. The van der Waals surface area contributed by atoms with E-state index >= 15 is 0 Å². The van der Waals surface area contributed by atoms with Gasteiger partial charge in [-0.1, -0.05) is 161 Å². The Bertz CT molecular complexity index is 2560. The summed E-state index contributed by atoms with van der Waals surface area (Å²) < 4.78 is 0. The fraction of sp³-hybridized carbons (Fsp3) is 0.130. The van der Waals surface area contributed by atoms with E-state index in [1.807, 2.05) is 0 Å². The van der Waals surface area contributed by atoms with Crippen LogP contribution < -0.4 is 0 Å². The van der Waals surface area contributed by atoms with Gasteiger partial charge in [0.1, 0.15) is 0 Å². The van der Waals surface area contributed by atoms with E-state index < -0.39 is 0 Å². The highest BCUT2D eigenvalue weighted by atomic mass is 14.5. The van der Waals surface area contributed by atoms with Crippen molar-refractivity contribution >= 4 is 32.3 Å². The first kappa shape index (κ1) is 26.1. The molecule has 8 aromatic carbocycles. The molecular weight excluding hydrogens is 553 g/mol. The molecule has 0 bridgehead atoms. The molecule has 0 nitrogen and oxygen atoms in total. The molecule has 2 aliphatic rings. The van der Waals surface area contributed by atoms with E-state index in [4.69, 9.17) is 0 Å². The van der Waals surface area contributed by atoms with Crippen molar-refractivity contribution in [1.29, 1.82) is 0 Å². The molecule has 0 amide bonds. The second-order valence-electron chi connectivity index (χ2n) is 14.4. The minimum absolute atomic E-state index is 0.0554. The highest BCUT2D eigenvalue weighted by Crippen LogP contribution is 2.60. The van der Waals surface area contributed by atoms with Crippen LogP contribution in [0.25, 0.3) is 76.8 Å². The van der Waals surface area contributed by atoms with Crippen molar-refractivity contribution in [3.8, 4) is 44.5 Å². The Morgan fingerprint density at radius 3 is 1.63 bits per heavy atom. The van der Waals surface area contributed by atoms with Gasteiger partial charge in [-0.2, -0.15) is 0 Å². The molecule has 0 saturated heterocycles. The Morgan fingerprint density at radius 1 is 0.348 bits per heavy atom. The fourth-order valence-corrected chi connectivity index (χ4v) is 9.36. The average molecular weight is 587 g/mol. The molecule has 0 radical (unpaired) electrons. The maximum atomic E-state index is 2.44. The smallest absolute Gasteiger partial charge is 0.0162 e. The van der Waals surface area contributed by atoms with E-state index in [-0.39, 0.29) is 10.8 Å². The lowest BCUT2D eigenvalue weighted by atomic mass is 9.72. The van der Waals surface area contributed by atoms with Crippen LogP contribution in [-0.2, 0) is 10.8 Å². The molecular formula is C46H34. The largest absolute Gasteiger partial charge is 0.0622 e. The van der Waals surface area contributed by atoms with Gasteiger partial charge < -0.3 is 0 Å². The zero-order valence-corrected chi connectivity index (χ0v) is 26.7. The zero-order chi connectivity index (χ0) is 30.9. The Kier molecular flexibility index (Phi) is 4.95. The van der Waals surface area contributed by atoms with Crippen LogP contribution in [0.4, 0.5) is 0 Å². The second kappa shape index (κ2) is 8.74. The first-order valence-corrected chi connectivity index (χ1v) is 16.5. The summed E-state index contributed by atoms with van der Waals surface area (Å²) in [7, 11) is 0. The molecule has 0 N–H and O–H groups in total. The van der Waals surface area contributed by atoms with Crippen LogP contribution in [0.15, 0.2) is 133 Å². The van der Waals surface area contributed by atoms with Gasteiger partial charge in [-0.15, -0.1) is 0 Å². The molecule has 0 heterocycles. The predicted molar refractivity (Wildman–Crippen MR) is 196 cm³/mol. The van der Waals surface area contributed by atoms with Gasteiger partial charge in [0.05, 0.1) is 0 Å². The van der Waals surface area contributed by atoms with Gasteiger partial charge in [0, 0.05) is 10.8 Å². The van der Waals surface area contributed by atoms with E-state index in [9.17, 15) is 0 Å². The van der Waals surface area contributed by atoms with Gasteiger partial charge in [0.15, 0.2) is 0 Å². The van der Waals surface area contributed by atoms with Gasteiger partial charge in [0.2, 0.25) is 0 Å². The summed E-state index contributed by atoms with van der Waals surface area (Å²) >= 11 is 0. The molecule has 0 aliphatic heterocycles. The normalized spacial score (nSPS) is 15.3. The molecule has 0 fully saturated rings. The predicted octanol–water partition coefficient (Wildman–Crippen LogP) is 12.5. The molecule has 2 aliphatic carbocycles. The third-order valence-corrected chi connectivity index (χ3v) is 11.4. The lowest BCUT2D eigenvalue weighted by molar-refractivity contribution is 0.601. The molecule has 0 atom stereocenters. The first-order valence-electron chi connectivity index (χ1n) is 16.5. The van der Waals surface area contributed by atoms with Crippen molar-refractivity contribution in [2.45, 2.75) is 38.5 Å². The van der Waals surface area contributed by atoms with E-state index in [1.165, 1.54) is 99.1 Å². The van der Waals surface area contributed by atoms with E-state index in [0.29, 0.717) is 0 Å². The first-order chi connectivity index (χ1) is 22.4. The van der Waals surface area contributed by atoms with Crippen molar-refractivity contribution in [2.24, 2.45) is 0 Å². The van der Waals surface area contributed by atoms with Crippen molar-refractivity contribution in [3.63, 3.8) is 0 Å². The SMILES string of the molecule is CC1(C)c2ccccc2-c2ccc3c(c21)C(C)(C)c1cccc(-c2ccc4ccc5c(-c6ccccc6)ccc6ccc2c4c65)c1-3. The number of fused-ring (bicyclic) bond motifs is 7. The molecule has 0 spiro atoms. The van der Waals surface area contributed by atoms with Crippen LogP contribution >= 0.6 is 0 Å². The average Bonchev–Trinajstić information content (AvgIpc) is 3.47. The highest BCUT2D eigenvalue weighted by molar-refractivity contribution is 6.28. The maximum Gasteiger partial charge on any atom is 0.0162 e. The van der Waals surface area contributed by atoms with Crippen LogP contribution in [0, 0.1) is 0 Å². The molecule has 218 valence electrons. The topological polar surface area (TPSA) is 0 Å². The minimum Gasteiger partial charge on any atom is -0.0622 e. The van der Waals surface area contributed by atoms with Gasteiger partial charge in [-0.25, -0.2) is 0 Å². The zero-order valence-electron chi connectivity index (χ0n) is 26.7. The summed E-state index contributed by atoms with van der Waals surface area (Å²) in [5.41, 5.74) is 16.5. The van der Waals surface area contributed by atoms with Gasteiger partial charge in [-0.3, -0.25) is 0 Å². The van der Waals surface area contributed by atoms with Crippen LogP contribution in [-0.4, -0.2) is 0 Å². The van der Waals surface area contributed by atoms with Crippen molar-refractivity contribution < 1.29 is 0 Å². The van der Waals surface area contributed by atoms with Crippen molar-refractivity contribution in [2.75, 3.05) is 0 Å². The Morgan fingerprint density at radius 2 is 0.870 bits per heavy atom. The van der Waals surface area contributed by atoms with E-state index in [0.717, 1.165) is 0 Å². The molecule has 0 unspecified atom stereocenters. The summed E-state index contributed by atoms with van der Waals surface area (Å²) in [6.07, 6.45) is 0. The van der Waals surface area contributed by atoms with Crippen LogP contribution in [0.5, 0.6) is 0 Å². The molecule has 46 heavy (non-hydrogen) atoms. The summed E-state index contributed by atoms with van der Waals surface area (Å²) in [6, 6.07) is 50.3. The van der Waals surface area contributed by atoms with E-state index in [2.05, 4.69) is 161 Å². The van der Waals surface area contributed by atoms with Gasteiger partial charge in [0.25, 0.3) is 0 Å². The number of hydrogen-bond acceptors (Lipinski definition) is 0. The quantitative estimate of drug-likeness (QED) is 0.177. The van der Waals surface area contributed by atoms with Crippen molar-refractivity contribution in [1.82, 2.24) is 0 Å². The fourth-order valence-electron chi connectivity index (χ4n) is 9.36. The third kappa shape index (κ3) is 3.14. The summed E-state index contributed by atoms with van der Waals surface area (Å²) in [5.74, 6) is 0. The lowest BCUT2D eigenvalue weighted by Crippen LogP contribution is -2.24. The Balaban J connectivity index is 1.26. The molecule has 0 heteroatoms. The van der Waals surface area contributed by atoms with Crippen LogP contribution in [0.2, 0.25) is 0 Å². The highest BCUT2D eigenvalue weighted by Gasteiger charge is 2.46.